The lowest BCUT2D eigenvalue weighted by Gasteiger charge is -2.18. The van der Waals surface area contributed by atoms with Crippen molar-refractivity contribution >= 4 is 11.9 Å². The van der Waals surface area contributed by atoms with Gasteiger partial charge in [0.2, 0.25) is 0 Å². The van der Waals surface area contributed by atoms with E-state index in [1.807, 2.05) is 31.2 Å². The highest BCUT2D eigenvalue weighted by molar-refractivity contribution is 5.94. The largest absolute Gasteiger partial charge is 0.480 e. The minimum atomic E-state index is -1.61. The van der Waals surface area contributed by atoms with E-state index in [2.05, 4.69) is 0 Å². The maximum absolute atomic E-state index is 11.2. The third-order valence-electron chi connectivity index (χ3n) is 3.46. The molecule has 1 aromatic carbocycles. The van der Waals surface area contributed by atoms with E-state index in [-0.39, 0.29) is 12.0 Å². The van der Waals surface area contributed by atoms with Gasteiger partial charge in [-0.25, -0.2) is 9.59 Å². The maximum atomic E-state index is 11.2. The molecule has 4 N–H and O–H groups in total. The molecule has 0 spiro atoms. The summed E-state index contributed by atoms with van der Waals surface area (Å²) in [5.41, 5.74) is 6.02. The number of aryl methyl sites for hydroxylation is 1. The lowest BCUT2D eigenvalue weighted by molar-refractivity contribution is -0.141. The van der Waals surface area contributed by atoms with Crippen molar-refractivity contribution in [2.45, 2.75) is 24.8 Å². The fourth-order valence-electron chi connectivity index (χ4n) is 2.34. The number of hydrogen-bond donors (Lipinski definition) is 3. The Bertz CT molecular complexity index is 561. The van der Waals surface area contributed by atoms with E-state index < -0.39 is 23.4 Å². The quantitative estimate of drug-likeness (QED) is 0.760. The molecule has 1 aliphatic carbocycles. The van der Waals surface area contributed by atoms with Gasteiger partial charge in [-0.3, -0.25) is 0 Å². The number of carboxylic acid groups (broad SMARTS) is 2. The van der Waals surface area contributed by atoms with Crippen LogP contribution in [0.2, 0.25) is 0 Å². The van der Waals surface area contributed by atoms with E-state index in [1.54, 1.807) is 0 Å². The van der Waals surface area contributed by atoms with Crippen LogP contribution in [0.3, 0.4) is 0 Å². The predicted octanol–water partition coefficient (Wildman–Crippen LogP) is 1.28. The first-order valence-electron chi connectivity index (χ1n) is 5.88. The molecule has 1 aromatic rings. The standard InChI is InChI=1S/C14H15NO4/c1-8-2-4-9(5-3-8)10-6-14(15,13(18)19)7-11(10)12(16)17/h2-5,7,10H,6,15H2,1H3,(H,16,17)(H,18,19)/t10-,14-/m1/s1. The monoisotopic (exact) mass is 261 g/mol. The summed E-state index contributed by atoms with van der Waals surface area (Å²) in [6.07, 6.45) is 1.22. The number of aliphatic carboxylic acids is 2. The van der Waals surface area contributed by atoms with E-state index in [0.717, 1.165) is 17.2 Å². The zero-order valence-electron chi connectivity index (χ0n) is 10.5. The average molecular weight is 261 g/mol. The molecule has 0 heterocycles. The highest BCUT2D eigenvalue weighted by Gasteiger charge is 2.44. The zero-order valence-corrected chi connectivity index (χ0v) is 10.5. The van der Waals surface area contributed by atoms with Gasteiger partial charge in [-0.15, -0.1) is 0 Å². The van der Waals surface area contributed by atoms with Crippen molar-refractivity contribution in [3.63, 3.8) is 0 Å². The average Bonchev–Trinajstić information content (AvgIpc) is 2.70. The van der Waals surface area contributed by atoms with Gasteiger partial charge in [-0.1, -0.05) is 29.8 Å². The van der Waals surface area contributed by atoms with E-state index >= 15 is 0 Å². The van der Waals surface area contributed by atoms with Crippen LogP contribution < -0.4 is 5.73 Å². The van der Waals surface area contributed by atoms with Gasteiger partial charge in [0, 0.05) is 11.5 Å². The molecule has 1 aliphatic rings. The van der Waals surface area contributed by atoms with Crippen LogP contribution in [0.1, 0.15) is 23.5 Å². The smallest absolute Gasteiger partial charge is 0.331 e. The lowest BCUT2D eigenvalue weighted by atomic mass is 9.89. The van der Waals surface area contributed by atoms with E-state index in [0.29, 0.717) is 0 Å². The molecule has 19 heavy (non-hydrogen) atoms. The Labute approximate surface area is 110 Å². The first-order valence-corrected chi connectivity index (χ1v) is 5.88. The van der Waals surface area contributed by atoms with Crippen molar-refractivity contribution in [3.05, 3.63) is 47.0 Å². The Morgan fingerprint density at radius 3 is 2.32 bits per heavy atom. The van der Waals surface area contributed by atoms with Gasteiger partial charge in [0.15, 0.2) is 0 Å². The van der Waals surface area contributed by atoms with Crippen molar-refractivity contribution in [1.29, 1.82) is 0 Å². The normalized spacial score (nSPS) is 26.0. The van der Waals surface area contributed by atoms with Crippen LogP contribution in [0.25, 0.3) is 0 Å². The van der Waals surface area contributed by atoms with Gasteiger partial charge in [0.1, 0.15) is 5.54 Å². The Morgan fingerprint density at radius 1 is 1.26 bits per heavy atom. The predicted molar refractivity (Wildman–Crippen MR) is 68.8 cm³/mol. The minimum absolute atomic E-state index is 0.0498. The molecular weight excluding hydrogens is 246 g/mol. The van der Waals surface area contributed by atoms with E-state index in [4.69, 9.17) is 10.8 Å². The Hall–Kier alpha value is -2.14. The molecule has 0 bridgehead atoms. The molecule has 2 rings (SSSR count). The molecular formula is C14H15NO4. The number of carbonyl (C=O) groups is 2. The summed E-state index contributed by atoms with van der Waals surface area (Å²) in [5.74, 6) is -2.82. The summed E-state index contributed by atoms with van der Waals surface area (Å²) in [4.78, 5) is 22.4. The first kappa shape index (κ1) is 13.3. The van der Waals surface area contributed by atoms with Gasteiger partial charge in [-0.05, 0) is 25.0 Å². The second-order valence-corrected chi connectivity index (χ2v) is 4.92. The zero-order chi connectivity index (χ0) is 14.2. The maximum Gasteiger partial charge on any atom is 0.331 e. The van der Waals surface area contributed by atoms with Crippen LogP contribution in [0.5, 0.6) is 0 Å². The van der Waals surface area contributed by atoms with Crippen LogP contribution in [0.4, 0.5) is 0 Å². The van der Waals surface area contributed by atoms with Crippen LogP contribution >= 0.6 is 0 Å². The number of rotatable bonds is 3. The summed E-state index contributed by atoms with van der Waals surface area (Å²) in [7, 11) is 0. The summed E-state index contributed by atoms with van der Waals surface area (Å²) in [6, 6.07) is 7.35. The Kier molecular flexibility index (Phi) is 3.16. The summed E-state index contributed by atoms with van der Waals surface area (Å²) in [6.45, 7) is 1.93. The lowest BCUT2D eigenvalue weighted by Crippen LogP contribution is -2.44. The fourth-order valence-corrected chi connectivity index (χ4v) is 2.34. The summed E-state index contributed by atoms with van der Waals surface area (Å²) >= 11 is 0. The van der Waals surface area contributed by atoms with Gasteiger partial charge in [-0.2, -0.15) is 0 Å². The van der Waals surface area contributed by atoms with Crippen molar-refractivity contribution in [1.82, 2.24) is 0 Å². The second kappa shape index (κ2) is 4.51. The van der Waals surface area contributed by atoms with Gasteiger partial charge < -0.3 is 15.9 Å². The molecule has 0 saturated heterocycles. The molecule has 100 valence electrons. The minimum Gasteiger partial charge on any atom is -0.480 e. The van der Waals surface area contributed by atoms with Crippen LogP contribution in [0.15, 0.2) is 35.9 Å². The molecule has 5 nitrogen and oxygen atoms in total. The van der Waals surface area contributed by atoms with Crippen LogP contribution in [-0.4, -0.2) is 27.7 Å². The van der Waals surface area contributed by atoms with Gasteiger partial charge in [0.05, 0.1) is 0 Å². The summed E-state index contributed by atoms with van der Waals surface area (Å²) < 4.78 is 0. The van der Waals surface area contributed by atoms with Crippen LogP contribution in [0, 0.1) is 6.92 Å². The number of hydrogen-bond acceptors (Lipinski definition) is 3. The highest BCUT2D eigenvalue weighted by atomic mass is 16.4. The van der Waals surface area contributed by atoms with Crippen molar-refractivity contribution < 1.29 is 19.8 Å². The molecule has 0 saturated carbocycles. The van der Waals surface area contributed by atoms with Crippen molar-refractivity contribution in [2.24, 2.45) is 5.73 Å². The first-order chi connectivity index (χ1) is 8.83. The number of nitrogens with two attached hydrogens (primary N) is 1. The molecule has 0 amide bonds. The third kappa shape index (κ3) is 2.37. The fraction of sp³-hybridized carbons (Fsp3) is 0.286. The molecule has 5 heteroatoms. The summed E-state index contributed by atoms with van der Waals surface area (Å²) in [5, 5.41) is 18.3. The number of benzene rings is 1. The SMILES string of the molecule is Cc1ccc([C@H]2C[C@](N)(C(=O)O)C=C2C(=O)O)cc1. The topological polar surface area (TPSA) is 101 Å². The highest BCUT2D eigenvalue weighted by Crippen LogP contribution is 2.39. The molecule has 0 aliphatic heterocycles. The van der Waals surface area contributed by atoms with Crippen molar-refractivity contribution in [3.8, 4) is 0 Å². The van der Waals surface area contributed by atoms with E-state index in [1.165, 1.54) is 0 Å². The number of carboxylic acids is 2. The third-order valence-corrected chi connectivity index (χ3v) is 3.46. The molecule has 0 aromatic heterocycles. The van der Waals surface area contributed by atoms with Crippen LogP contribution in [-0.2, 0) is 9.59 Å². The second-order valence-electron chi connectivity index (χ2n) is 4.92. The van der Waals surface area contributed by atoms with Gasteiger partial charge in [0.25, 0.3) is 0 Å². The Morgan fingerprint density at radius 2 is 1.84 bits per heavy atom. The molecule has 0 unspecified atom stereocenters. The molecule has 0 radical (unpaired) electrons. The molecule has 0 fully saturated rings. The van der Waals surface area contributed by atoms with Crippen molar-refractivity contribution in [2.75, 3.05) is 0 Å². The van der Waals surface area contributed by atoms with E-state index in [9.17, 15) is 14.7 Å². The van der Waals surface area contributed by atoms with Gasteiger partial charge >= 0.3 is 11.9 Å². The Balaban J connectivity index is 2.42. The molecule has 2 atom stereocenters.